The number of amides is 1. The van der Waals surface area contributed by atoms with Crippen molar-refractivity contribution in [3.63, 3.8) is 0 Å². The van der Waals surface area contributed by atoms with Crippen molar-refractivity contribution in [2.24, 2.45) is 0 Å². The van der Waals surface area contributed by atoms with E-state index in [1.165, 1.54) is 24.5 Å². The van der Waals surface area contributed by atoms with Gasteiger partial charge in [-0.25, -0.2) is 14.4 Å². The van der Waals surface area contributed by atoms with Gasteiger partial charge in [0.1, 0.15) is 30.5 Å². The van der Waals surface area contributed by atoms with Gasteiger partial charge >= 0.3 is 0 Å². The van der Waals surface area contributed by atoms with E-state index in [1.807, 2.05) is 6.07 Å². The number of para-hydroxylation sites is 1. The molecule has 3 aromatic rings. The van der Waals surface area contributed by atoms with E-state index in [4.69, 9.17) is 9.47 Å². The molecular formula is C19H15FN4O3. The molecule has 0 saturated carbocycles. The molecule has 2 N–H and O–H groups in total. The first-order valence-corrected chi connectivity index (χ1v) is 8.24. The number of halogens is 1. The van der Waals surface area contributed by atoms with Gasteiger partial charge in [0.2, 0.25) is 0 Å². The number of rotatable bonds is 4. The van der Waals surface area contributed by atoms with Crippen molar-refractivity contribution in [2.75, 3.05) is 23.8 Å². The Kier molecular flexibility index (Phi) is 4.52. The Morgan fingerprint density at radius 1 is 1.00 bits per heavy atom. The second-order valence-corrected chi connectivity index (χ2v) is 5.70. The Balaban J connectivity index is 1.44. The van der Waals surface area contributed by atoms with Crippen molar-refractivity contribution in [2.45, 2.75) is 0 Å². The fourth-order valence-electron chi connectivity index (χ4n) is 2.53. The summed E-state index contributed by atoms with van der Waals surface area (Å²) >= 11 is 0. The molecule has 0 aliphatic carbocycles. The summed E-state index contributed by atoms with van der Waals surface area (Å²) in [5.74, 6) is 0.737. The lowest BCUT2D eigenvalue weighted by atomic mass is 10.2. The first-order valence-electron chi connectivity index (χ1n) is 8.24. The minimum Gasteiger partial charge on any atom is -0.486 e. The molecular weight excluding hydrogens is 351 g/mol. The van der Waals surface area contributed by atoms with Crippen LogP contribution in [0.15, 0.2) is 54.9 Å². The quantitative estimate of drug-likeness (QED) is 0.736. The molecule has 2 heterocycles. The van der Waals surface area contributed by atoms with Crippen LogP contribution in [0, 0.1) is 5.82 Å². The molecule has 1 amide bonds. The fraction of sp³-hybridized carbons (Fsp3) is 0.105. The number of fused-ring (bicyclic) bond motifs is 1. The topological polar surface area (TPSA) is 85.4 Å². The monoisotopic (exact) mass is 366 g/mol. The molecule has 27 heavy (non-hydrogen) atoms. The van der Waals surface area contributed by atoms with E-state index in [2.05, 4.69) is 20.6 Å². The Morgan fingerprint density at radius 3 is 2.59 bits per heavy atom. The highest BCUT2D eigenvalue weighted by Crippen LogP contribution is 2.33. The lowest BCUT2D eigenvalue weighted by Gasteiger charge is -2.19. The number of aromatic nitrogens is 2. The van der Waals surface area contributed by atoms with Gasteiger partial charge < -0.3 is 20.1 Å². The summed E-state index contributed by atoms with van der Waals surface area (Å²) in [7, 11) is 0. The standard InChI is InChI=1S/C19H15FN4O3/c20-13-3-1-2-4-14(13)24-19(25)15-10-22-18(11-21-15)23-12-5-6-16-17(9-12)27-8-7-26-16/h1-6,9-11H,7-8H2,(H,22,23)(H,24,25). The minimum atomic E-state index is -0.543. The third-order valence-corrected chi connectivity index (χ3v) is 3.82. The average molecular weight is 366 g/mol. The van der Waals surface area contributed by atoms with Crippen LogP contribution in [-0.2, 0) is 0 Å². The molecule has 1 aliphatic rings. The van der Waals surface area contributed by atoms with E-state index < -0.39 is 11.7 Å². The van der Waals surface area contributed by atoms with Gasteiger partial charge in [-0.05, 0) is 24.3 Å². The lowest BCUT2D eigenvalue weighted by Crippen LogP contribution is -2.15. The van der Waals surface area contributed by atoms with Gasteiger partial charge in [0, 0.05) is 11.8 Å². The molecule has 0 unspecified atom stereocenters. The number of nitrogens with one attached hydrogen (secondary N) is 2. The summed E-state index contributed by atoms with van der Waals surface area (Å²) in [6.07, 6.45) is 2.74. The van der Waals surface area contributed by atoms with Crippen molar-refractivity contribution >= 4 is 23.1 Å². The molecule has 2 aromatic carbocycles. The zero-order chi connectivity index (χ0) is 18.6. The molecule has 0 radical (unpaired) electrons. The smallest absolute Gasteiger partial charge is 0.275 e. The van der Waals surface area contributed by atoms with Gasteiger partial charge in [-0.15, -0.1) is 0 Å². The Labute approximate surface area is 154 Å². The SMILES string of the molecule is O=C(Nc1ccccc1F)c1cnc(Nc2ccc3c(c2)OCCO3)cn1. The lowest BCUT2D eigenvalue weighted by molar-refractivity contribution is 0.102. The van der Waals surface area contributed by atoms with Crippen molar-refractivity contribution in [3.8, 4) is 11.5 Å². The van der Waals surface area contributed by atoms with Crippen LogP contribution in [0.2, 0.25) is 0 Å². The molecule has 0 saturated heterocycles. The molecule has 4 rings (SSSR count). The van der Waals surface area contributed by atoms with Crippen LogP contribution in [0.1, 0.15) is 10.5 Å². The van der Waals surface area contributed by atoms with Crippen molar-refractivity contribution in [1.29, 1.82) is 0 Å². The first-order chi connectivity index (χ1) is 13.2. The summed E-state index contributed by atoms with van der Waals surface area (Å²) in [4.78, 5) is 20.4. The van der Waals surface area contributed by atoms with Crippen LogP contribution in [-0.4, -0.2) is 29.1 Å². The van der Waals surface area contributed by atoms with Crippen molar-refractivity contribution in [3.05, 3.63) is 66.4 Å². The van der Waals surface area contributed by atoms with Crippen LogP contribution in [0.5, 0.6) is 11.5 Å². The molecule has 7 nitrogen and oxygen atoms in total. The summed E-state index contributed by atoms with van der Waals surface area (Å²) < 4.78 is 24.6. The van der Waals surface area contributed by atoms with Crippen LogP contribution in [0.25, 0.3) is 0 Å². The average Bonchev–Trinajstić information content (AvgIpc) is 2.70. The molecule has 0 spiro atoms. The highest BCUT2D eigenvalue weighted by Gasteiger charge is 2.13. The maximum atomic E-state index is 13.6. The number of anilines is 3. The molecule has 136 valence electrons. The number of hydrogen-bond acceptors (Lipinski definition) is 6. The van der Waals surface area contributed by atoms with E-state index in [-0.39, 0.29) is 11.4 Å². The van der Waals surface area contributed by atoms with E-state index in [9.17, 15) is 9.18 Å². The summed E-state index contributed by atoms with van der Waals surface area (Å²) in [5, 5.41) is 5.54. The number of carbonyl (C=O) groups excluding carboxylic acids is 1. The Morgan fingerprint density at radius 2 is 1.81 bits per heavy atom. The number of carbonyl (C=O) groups is 1. The molecule has 1 aromatic heterocycles. The minimum absolute atomic E-state index is 0.0750. The molecule has 0 atom stereocenters. The van der Waals surface area contributed by atoms with Gasteiger partial charge in [0.05, 0.1) is 18.1 Å². The molecule has 0 fully saturated rings. The summed E-state index contributed by atoms with van der Waals surface area (Å²) in [5.41, 5.74) is 0.908. The normalized spacial score (nSPS) is 12.3. The fourth-order valence-corrected chi connectivity index (χ4v) is 2.53. The van der Waals surface area contributed by atoms with Crippen molar-refractivity contribution < 1.29 is 18.7 Å². The molecule has 8 heteroatoms. The predicted molar refractivity (Wildman–Crippen MR) is 97.1 cm³/mol. The number of hydrogen-bond donors (Lipinski definition) is 2. The van der Waals surface area contributed by atoms with E-state index >= 15 is 0 Å². The van der Waals surface area contributed by atoms with Gasteiger partial charge in [0.15, 0.2) is 11.5 Å². The third kappa shape index (κ3) is 3.79. The van der Waals surface area contributed by atoms with E-state index in [0.29, 0.717) is 30.5 Å². The van der Waals surface area contributed by atoms with Gasteiger partial charge in [0.25, 0.3) is 5.91 Å². The largest absolute Gasteiger partial charge is 0.486 e. The maximum absolute atomic E-state index is 13.6. The highest BCUT2D eigenvalue weighted by molar-refractivity contribution is 6.02. The van der Waals surface area contributed by atoms with Crippen LogP contribution in [0.4, 0.5) is 21.6 Å². The second kappa shape index (κ2) is 7.28. The predicted octanol–water partition coefficient (Wildman–Crippen LogP) is 3.38. The van der Waals surface area contributed by atoms with Crippen LogP contribution < -0.4 is 20.1 Å². The van der Waals surface area contributed by atoms with Crippen LogP contribution in [0.3, 0.4) is 0 Å². The van der Waals surface area contributed by atoms with Crippen molar-refractivity contribution in [1.82, 2.24) is 9.97 Å². The molecule has 1 aliphatic heterocycles. The first kappa shape index (κ1) is 16.8. The van der Waals surface area contributed by atoms with E-state index in [0.717, 1.165) is 5.69 Å². The van der Waals surface area contributed by atoms with Gasteiger partial charge in [-0.2, -0.15) is 0 Å². The Bertz CT molecular complexity index is 979. The van der Waals surface area contributed by atoms with Gasteiger partial charge in [-0.1, -0.05) is 12.1 Å². The number of ether oxygens (including phenoxy) is 2. The number of benzene rings is 2. The van der Waals surface area contributed by atoms with E-state index in [1.54, 1.807) is 24.3 Å². The third-order valence-electron chi connectivity index (χ3n) is 3.82. The Hall–Kier alpha value is -3.68. The highest BCUT2D eigenvalue weighted by atomic mass is 19.1. The summed E-state index contributed by atoms with van der Waals surface area (Å²) in [6.45, 7) is 1.03. The zero-order valence-corrected chi connectivity index (χ0v) is 14.1. The molecule has 0 bridgehead atoms. The second-order valence-electron chi connectivity index (χ2n) is 5.70. The maximum Gasteiger partial charge on any atom is 0.275 e. The summed E-state index contributed by atoms with van der Waals surface area (Å²) in [6, 6.07) is 11.3. The zero-order valence-electron chi connectivity index (χ0n) is 14.1. The van der Waals surface area contributed by atoms with Crippen LogP contribution >= 0.6 is 0 Å². The number of nitrogens with zero attached hydrogens (tertiary/aromatic N) is 2. The van der Waals surface area contributed by atoms with Gasteiger partial charge in [-0.3, -0.25) is 4.79 Å².